The van der Waals surface area contributed by atoms with E-state index >= 15 is 0 Å². The molecule has 1 N–H and O–H groups in total. The Kier molecular flexibility index (Phi) is 5.69. The molecular formula is C22H25N3O2. The number of hydrogen-bond acceptors (Lipinski definition) is 4. The van der Waals surface area contributed by atoms with Crippen LogP contribution in [0.4, 0.5) is 5.69 Å². The number of aromatic nitrogens is 2. The van der Waals surface area contributed by atoms with Gasteiger partial charge in [-0.3, -0.25) is 4.79 Å². The van der Waals surface area contributed by atoms with Crippen LogP contribution in [0.2, 0.25) is 0 Å². The predicted molar refractivity (Wildman–Crippen MR) is 109 cm³/mol. The zero-order valence-electron chi connectivity index (χ0n) is 16.3. The summed E-state index contributed by atoms with van der Waals surface area (Å²) in [5.41, 5.74) is 5.81. The van der Waals surface area contributed by atoms with Gasteiger partial charge in [0.1, 0.15) is 0 Å². The summed E-state index contributed by atoms with van der Waals surface area (Å²) in [6.45, 7) is 8.64. The molecule has 3 aromatic rings. The molecule has 0 aliphatic carbocycles. The fraction of sp³-hybridized carbons (Fsp3) is 0.318. The molecule has 0 aliphatic rings. The minimum Gasteiger partial charge on any atom is -0.476 e. The Morgan fingerprint density at radius 1 is 1.00 bits per heavy atom. The number of rotatable bonds is 6. The first-order valence-electron chi connectivity index (χ1n) is 9.34. The second kappa shape index (κ2) is 8.16. The van der Waals surface area contributed by atoms with Gasteiger partial charge in [0.2, 0.25) is 5.88 Å². The molecule has 1 aromatic heterocycles. The third kappa shape index (κ3) is 4.25. The number of nitrogens with zero attached hydrogens (tertiary/aromatic N) is 2. The standard InChI is InChI=1S/C22H25N3O2/c1-5-11-27-22-20(21(26)23-17-9-7-16(6-2)8-10-17)24-18-12-14(3)15(4)13-19(18)25-22/h7-10,12-13H,5-6,11H2,1-4H3,(H,23,26). The van der Waals surface area contributed by atoms with Gasteiger partial charge in [0.05, 0.1) is 17.6 Å². The van der Waals surface area contributed by atoms with Crippen molar-refractivity contribution in [3.8, 4) is 5.88 Å². The number of carbonyl (C=O) groups is 1. The van der Waals surface area contributed by atoms with Crippen LogP contribution in [0.25, 0.3) is 11.0 Å². The first-order valence-corrected chi connectivity index (χ1v) is 9.34. The summed E-state index contributed by atoms with van der Waals surface area (Å²) >= 11 is 0. The number of hydrogen-bond donors (Lipinski definition) is 1. The van der Waals surface area contributed by atoms with Crippen LogP contribution in [0.5, 0.6) is 5.88 Å². The van der Waals surface area contributed by atoms with Crippen LogP contribution in [-0.2, 0) is 6.42 Å². The lowest BCUT2D eigenvalue weighted by atomic mass is 10.1. The SMILES string of the molecule is CCCOc1nc2cc(C)c(C)cc2nc1C(=O)Nc1ccc(CC)cc1. The van der Waals surface area contributed by atoms with Crippen molar-refractivity contribution in [3.05, 3.63) is 58.8 Å². The van der Waals surface area contributed by atoms with Gasteiger partial charge in [-0.25, -0.2) is 9.97 Å². The summed E-state index contributed by atoms with van der Waals surface area (Å²) < 4.78 is 5.73. The van der Waals surface area contributed by atoms with Crippen LogP contribution in [0.15, 0.2) is 36.4 Å². The molecule has 1 heterocycles. The van der Waals surface area contributed by atoms with Gasteiger partial charge in [-0.15, -0.1) is 0 Å². The highest BCUT2D eigenvalue weighted by Gasteiger charge is 2.18. The Hall–Kier alpha value is -2.95. The van der Waals surface area contributed by atoms with Gasteiger partial charge >= 0.3 is 0 Å². The molecule has 0 fully saturated rings. The van der Waals surface area contributed by atoms with E-state index in [1.54, 1.807) is 0 Å². The van der Waals surface area contributed by atoms with Gasteiger partial charge in [0.25, 0.3) is 5.91 Å². The van der Waals surface area contributed by atoms with E-state index in [0.29, 0.717) is 12.1 Å². The van der Waals surface area contributed by atoms with Crippen molar-refractivity contribution in [3.63, 3.8) is 0 Å². The number of nitrogens with one attached hydrogen (secondary N) is 1. The molecule has 0 bridgehead atoms. The Morgan fingerprint density at radius 3 is 2.22 bits per heavy atom. The van der Waals surface area contributed by atoms with Gasteiger partial charge in [-0.1, -0.05) is 26.0 Å². The molecule has 2 aromatic carbocycles. The van der Waals surface area contributed by atoms with Gasteiger partial charge in [0.15, 0.2) is 5.69 Å². The number of ether oxygens (including phenoxy) is 1. The lowest BCUT2D eigenvalue weighted by Gasteiger charge is -2.12. The molecule has 3 rings (SSSR count). The van der Waals surface area contributed by atoms with E-state index in [1.807, 2.05) is 57.2 Å². The first kappa shape index (κ1) is 18.8. The zero-order valence-corrected chi connectivity index (χ0v) is 16.3. The first-order chi connectivity index (χ1) is 13.0. The molecule has 27 heavy (non-hydrogen) atoms. The second-order valence-electron chi connectivity index (χ2n) is 6.66. The zero-order chi connectivity index (χ0) is 19.4. The third-order valence-electron chi connectivity index (χ3n) is 4.53. The minimum atomic E-state index is -0.321. The van der Waals surface area contributed by atoms with Crippen molar-refractivity contribution in [1.82, 2.24) is 9.97 Å². The second-order valence-corrected chi connectivity index (χ2v) is 6.66. The van der Waals surface area contributed by atoms with Crippen molar-refractivity contribution < 1.29 is 9.53 Å². The highest BCUT2D eigenvalue weighted by atomic mass is 16.5. The molecule has 1 amide bonds. The van der Waals surface area contributed by atoms with Crippen LogP contribution >= 0.6 is 0 Å². The smallest absolute Gasteiger partial charge is 0.279 e. The maximum atomic E-state index is 12.9. The van der Waals surface area contributed by atoms with Gasteiger partial charge in [-0.2, -0.15) is 0 Å². The lowest BCUT2D eigenvalue weighted by Crippen LogP contribution is -2.17. The average Bonchev–Trinajstić information content (AvgIpc) is 2.67. The Bertz CT molecular complexity index is 965. The van der Waals surface area contributed by atoms with Crippen LogP contribution in [0.3, 0.4) is 0 Å². The predicted octanol–water partition coefficient (Wildman–Crippen LogP) is 4.85. The summed E-state index contributed by atoms with van der Waals surface area (Å²) in [5, 5.41) is 2.90. The fourth-order valence-electron chi connectivity index (χ4n) is 2.76. The Balaban J connectivity index is 1.98. The number of anilines is 1. The summed E-state index contributed by atoms with van der Waals surface area (Å²) in [7, 11) is 0. The molecule has 140 valence electrons. The maximum Gasteiger partial charge on any atom is 0.279 e. The molecule has 0 spiro atoms. The molecule has 0 radical (unpaired) electrons. The summed E-state index contributed by atoms with van der Waals surface area (Å²) in [6, 6.07) is 11.7. The molecule has 5 nitrogen and oxygen atoms in total. The van der Waals surface area contributed by atoms with Crippen molar-refractivity contribution in [2.45, 2.75) is 40.5 Å². The monoisotopic (exact) mass is 363 g/mol. The maximum absolute atomic E-state index is 12.9. The van der Waals surface area contributed by atoms with Crippen LogP contribution < -0.4 is 10.1 Å². The Labute approximate surface area is 159 Å². The Morgan fingerprint density at radius 2 is 1.63 bits per heavy atom. The van der Waals surface area contributed by atoms with E-state index < -0.39 is 0 Å². The molecule has 0 saturated heterocycles. The number of carbonyl (C=O) groups excluding carboxylic acids is 1. The quantitative estimate of drug-likeness (QED) is 0.680. The van der Waals surface area contributed by atoms with Crippen molar-refractivity contribution in [2.75, 3.05) is 11.9 Å². The van der Waals surface area contributed by atoms with Crippen LogP contribution in [0.1, 0.15) is 47.4 Å². The number of aryl methyl sites for hydroxylation is 3. The van der Waals surface area contributed by atoms with Crippen molar-refractivity contribution in [2.24, 2.45) is 0 Å². The lowest BCUT2D eigenvalue weighted by molar-refractivity contribution is 0.101. The fourth-order valence-corrected chi connectivity index (χ4v) is 2.76. The number of benzene rings is 2. The summed E-state index contributed by atoms with van der Waals surface area (Å²) in [5.74, 6) is -0.0479. The summed E-state index contributed by atoms with van der Waals surface area (Å²) in [4.78, 5) is 22.0. The molecule has 0 saturated carbocycles. The molecule has 5 heteroatoms. The van der Waals surface area contributed by atoms with E-state index in [1.165, 1.54) is 5.56 Å². The van der Waals surface area contributed by atoms with E-state index in [4.69, 9.17) is 4.74 Å². The third-order valence-corrected chi connectivity index (χ3v) is 4.53. The van der Waals surface area contributed by atoms with Crippen molar-refractivity contribution in [1.29, 1.82) is 0 Å². The van der Waals surface area contributed by atoms with Gasteiger partial charge in [-0.05, 0) is 67.6 Å². The highest BCUT2D eigenvalue weighted by molar-refractivity contribution is 6.05. The summed E-state index contributed by atoms with van der Waals surface area (Å²) in [6.07, 6.45) is 1.78. The molecular weight excluding hydrogens is 338 g/mol. The van der Waals surface area contributed by atoms with Gasteiger partial charge < -0.3 is 10.1 Å². The van der Waals surface area contributed by atoms with Crippen molar-refractivity contribution >= 4 is 22.6 Å². The van der Waals surface area contributed by atoms with Crippen LogP contribution in [0, 0.1) is 13.8 Å². The molecule has 0 aliphatic heterocycles. The largest absolute Gasteiger partial charge is 0.476 e. The average molecular weight is 363 g/mol. The molecule has 0 atom stereocenters. The topological polar surface area (TPSA) is 64.1 Å². The number of amides is 1. The van der Waals surface area contributed by atoms with E-state index in [0.717, 1.165) is 35.2 Å². The number of fused-ring (bicyclic) bond motifs is 1. The van der Waals surface area contributed by atoms with E-state index in [-0.39, 0.29) is 17.5 Å². The van der Waals surface area contributed by atoms with E-state index in [9.17, 15) is 4.79 Å². The normalized spacial score (nSPS) is 10.8. The van der Waals surface area contributed by atoms with Gasteiger partial charge in [0, 0.05) is 5.69 Å². The minimum absolute atomic E-state index is 0.207. The molecule has 0 unspecified atom stereocenters. The van der Waals surface area contributed by atoms with Crippen LogP contribution in [-0.4, -0.2) is 22.5 Å². The van der Waals surface area contributed by atoms with E-state index in [2.05, 4.69) is 22.2 Å². The highest BCUT2D eigenvalue weighted by Crippen LogP contribution is 2.23.